The molecule has 7 nitrogen and oxygen atoms in total. The molecule has 1 aromatic heterocycles. The highest BCUT2D eigenvalue weighted by molar-refractivity contribution is 5.95. The number of carbonyl (C=O) groups excluding carboxylic acids is 2. The summed E-state index contributed by atoms with van der Waals surface area (Å²) >= 11 is 0. The minimum atomic E-state index is -0.734. The average Bonchev–Trinajstić information content (AvgIpc) is 3.18. The van der Waals surface area contributed by atoms with Crippen molar-refractivity contribution in [1.29, 1.82) is 0 Å². The van der Waals surface area contributed by atoms with Gasteiger partial charge in [-0.3, -0.25) is 4.79 Å². The fraction of sp³-hybridized carbons (Fsp3) is 0.227. The topological polar surface area (TPSA) is 82.5 Å². The Morgan fingerprint density at radius 2 is 1.76 bits per heavy atom. The van der Waals surface area contributed by atoms with Gasteiger partial charge in [-0.1, -0.05) is 44.2 Å². The molecule has 3 aromatic rings. The first-order valence-corrected chi connectivity index (χ1v) is 9.24. The van der Waals surface area contributed by atoms with Crippen LogP contribution in [-0.2, 0) is 9.53 Å². The van der Waals surface area contributed by atoms with Crippen LogP contribution in [0.25, 0.3) is 5.69 Å². The molecule has 2 aromatic carbocycles. The third-order valence-electron chi connectivity index (χ3n) is 4.31. The maximum Gasteiger partial charge on any atom is 0.363 e. The molecular formula is C22H23N3O4. The Hall–Kier alpha value is -3.61. The van der Waals surface area contributed by atoms with Crippen molar-refractivity contribution >= 4 is 17.6 Å². The lowest BCUT2D eigenvalue weighted by Gasteiger charge is -2.09. The van der Waals surface area contributed by atoms with Crippen LogP contribution in [-0.4, -0.2) is 35.4 Å². The normalized spacial score (nSPS) is 10.6. The van der Waals surface area contributed by atoms with Crippen LogP contribution >= 0.6 is 0 Å². The summed E-state index contributed by atoms with van der Waals surface area (Å²) in [6, 6.07) is 16.8. The molecule has 7 heteroatoms. The van der Waals surface area contributed by atoms with E-state index >= 15 is 0 Å². The number of ether oxygens (including phenoxy) is 2. The van der Waals surface area contributed by atoms with Gasteiger partial charge in [0, 0.05) is 5.69 Å². The second-order valence-corrected chi connectivity index (χ2v) is 6.73. The summed E-state index contributed by atoms with van der Waals surface area (Å²) in [4.78, 5) is 24.5. The molecule has 1 N–H and O–H groups in total. The smallest absolute Gasteiger partial charge is 0.363 e. The number of benzene rings is 2. The van der Waals surface area contributed by atoms with Crippen LogP contribution < -0.4 is 10.1 Å². The number of amides is 1. The molecule has 3 rings (SSSR count). The van der Waals surface area contributed by atoms with Gasteiger partial charge in [0.05, 0.1) is 19.0 Å². The molecule has 0 spiro atoms. The van der Waals surface area contributed by atoms with Crippen molar-refractivity contribution in [2.45, 2.75) is 19.8 Å². The summed E-state index contributed by atoms with van der Waals surface area (Å²) in [6.07, 6.45) is 1.59. The molecule has 0 aliphatic heterocycles. The van der Waals surface area contributed by atoms with Gasteiger partial charge in [-0.25, -0.2) is 9.48 Å². The number of nitrogens with one attached hydrogen (secondary N) is 1. The Balaban J connectivity index is 1.61. The van der Waals surface area contributed by atoms with E-state index in [4.69, 9.17) is 9.47 Å². The van der Waals surface area contributed by atoms with Crippen molar-refractivity contribution in [3.63, 3.8) is 0 Å². The molecule has 0 aliphatic rings. The Labute approximate surface area is 169 Å². The molecular weight excluding hydrogens is 370 g/mol. The van der Waals surface area contributed by atoms with E-state index in [1.165, 1.54) is 17.4 Å². The van der Waals surface area contributed by atoms with E-state index in [9.17, 15) is 9.59 Å². The zero-order valence-electron chi connectivity index (χ0n) is 16.6. The zero-order chi connectivity index (χ0) is 20.8. The zero-order valence-corrected chi connectivity index (χ0v) is 16.6. The van der Waals surface area contributed by atoms with E-state index in [0.717, 1.165) is 5.69 Å². The summed E-state index contributed by atoms with van der Waals surface area (Å²) in [5.74, 6) is -0.492. The van der Waals surface area contributed by atoms with Crippen molar-refractivity contribution in [3.8, 4) is 11.4 Å². The number of para-hydroxylation sites is 1. The maximum absolute atomic E-state index is 12.4. The Bertz CT molecular complexity index is 979. The SMILES string of the molecule is COc1cn(-c2ccccc2)nc1C(=O)OCC(=O)Nc1ccc(C(C)C)cc1. The maximum atomic E-state index is 12.4. The molecule has 1 amide bonds. The van der Waals surface area contributed by atoms with Crippen LogP contribution in [0, 0.1) is 0 Å². The van der Waals surface area contributed by atoms with Crippen molar-refractivity contribution in [3.05, 3.63) is 72.1 Å². The summed E-state index contributed by atoms with van der Waals surface area (Å²) in [7, 11) is 1.44. The molecule has 0 atom stereocenters. The first-order chi connectivity index (χ1) is 14.0. The summed E-state index contributed by atoms with van der Waals surface area (Å²) < 4.78 is 11.8. The van der Waals surface area contributed by atoms with E-state index < -0.39 is 18.5 Å². The highest BCUT2D eigenvalue weighted by atomic mass is 16.5. The van der Waals surface area contributed by atoms with E-state index in [-0.39, 0.29) is 11.4 Å². The van der Waals surface area contributed by atoms with Crippen LogP contribution in [0.4, 0.5) is 5.69 Å². The second kappa shape index (κ2) is 9.05. The van der Waals surface area contributed by atoms with Gasteiger partial charge < -0.3 is 14.8 Å². The highest BCUT2D eigenvalue weighted by Gasteiger charge is 2.21. The van der Waals surface area contributed by atoms with Gasteiger partial charge in [-0.15, -0.1) is 0 Å². The number of hydrogen-bond donors (Lipinski definition) is 1. The lowest BCUT2D eigenvalue weighted by molar-refractivity contribution is -0.119. The molecule has 0 fully saturated rings. The first-order valence-electron chi connectivity index (χ1n) is 9.24. The number of nitrogens with zero attached hydrogens (tertiary/aromatic N) is 2. The van der Waals surface area contributed by atoms with Gasteiger partial charge in [0.1, 0.15) is 0 Å². The van der Waals surface area contributed by atoms with Gasteiger partial charge in [0.15, 0.2) is 12.4 Å². The van der Waals surface area contributed by atoms with Gasteiger partial charge in [0.2, 0.25) is 5.69 Å². The summed E-state index contributed by atoms with van der Waals surface area (Å²) in [6.45, 7) is 3.77. The van der Waals surface area contributed by atoms with Gasteiger partial charge in [-0.2, -0.15) is 5.10 Å². The Kier molecular flexibility index (Phi) is 6.29. The molecule has 0 unspecified atom stereocenters. The Morgan fingerprint density at radius 1 is 1.07 bits per heavy atom. The van der Waals surface area contributed by atoms with Gasteiger partial charge >= 0.3 is 5.97 Å². The third kappa shape index (κ3) is 5.01. The predicted octanol–water partition coefficient (Wildman–Crippen LogP) is 3.80. The fourth-order valence-electron chi connectivity index (χ4n) is 2.71. The quantitative estimate of drug-likeness (QED) is 0.618. The minimum Gasteiger partial charge on any atom is -0.493 e. The van der Waals surface area contributed by atoms with Gasteiger partial charge in [-0.05, 0) is 35.7 Å². The molecule has 0 radical (unpaired) electrons. The van der Waals surface area contributed by atoms with Crippen molar-refractivity contribution in [2.75, 3.05) is 19.0 Å². The lowest BCUT2D eigenvalue weighted by atomic mass is 10.0. The van der Waals surface area contributed by atoms with E-state index in [1.54, 1.807) is 6.20 Å². The fourth-order valence-corrected chi connectivity index (χ4v) is 2.71. The van der Waals surface area contributed by atoms with Crippen LogP contribution in [0.15, 0.2) is 60.8 Å². The first kappa shape index (κ1) is 20.1. The summed E-state index contributed by atoms with van der Waals surface area (Å²) in [5.41, 5.74) is 2.59. The molecule has 0 bridgehead atoms. The Morgan fingerprint density at radius 3 is 2.38 bits per heavy atom. The van der Waals surface area contributed by atoms with Crippen molar-refractivity contribution < 1.29 is 19.1 Å². The average molecular weight is 393 g/mol. The van der Waals surface area contributed by atoms with Crippen molar-refractivity contribution in [1.82, 2.24) is 9.78 Å². The number of esters is 1. The number of aromatic nitrogens is 2. The molecule has 150 valence electrons. The van der Waals surface area contributed by atoms with E-state index in [1.807, 2.05) is 54.6 Å². The van der Waals surface area contributed by atoms with Gasteiger partial charge in [0.25, 0.3) is 5.91 Å². The van der Waals surface area contributed by atoms with Crippen LogP contribution in [0.5, 0.6) is 5.75 Å². The highest BCUT2D eigenvalue weighted by Crippen LogP contribution is 2.20. The van der Waals surface area contributed by atoms with Crippen LogP contribution in [0.2, 0.25) is 0 Å². The standard InChI is InChI=1S/C22H23N3O4/c1-15(2)16-9-11-17(12-10-16)23-20(26)14-29-22(27)21-19(28-3)13-25(24-21)18-7-5-4-6-8-18/h4-13,15H,14H2,1-3H3,(H,23,26). The molecule has 0 aliphatic carbocycles. The van der Waals surface area contributed by atoms with Crippen molar-refractivity contribution in [2.24, 2.45) is 0 Å². The lowest BCUT2D eigenvalue weighted by Crippen LogP contribution is -2.21. The number of hydrogen-bond acceptors (Lipinski definition) is 5. The number of carbonyl (C=O) groups is 2. The van der Waals surface area contributed by atoms with E-state index in [2.05, 4.69) is 24.3 Å². The summed E-state index contributed by atoms with van der Waals surface area (Å²) in [5, 5.41) is 6.93. The number of rotatable bonds is 7. The number of anilines is 1. The predicted molar refractivity (Wildman–Crippen MR) is 110 cm³/mol. The molecule has 0 saturated carbocycles. The third-order valence-corrected chi connectivity index (χ3v) is 4.31. The largest absolute Gasteiger partial charge is 0.493 e. The molecule has 1 heterocycles. The van der Waals surface area contributed by atoms with E-state index in [0.29, 0.717) is 11.6 Å². The van der Waals surface area contributed by atoms with Crippen LogP contribution in [0.1, 0.15) is 35.8 Å². The molecule has 0 saturated heterocycles. The van der Waals surface area contributed by atoms with Crippen LogP contribution in [0.3, 0.4) is 0 Å². The molecule has 29 heavy (non-hydrogen) atoms. The second-order valence-electron chi connectivity index (χ2n) is 6.73. The minimum absolute atomic E-state index is 0.00504. The monoisotopic (exact) mass is 393 g/mol. The number of methoxy groups -OCH3 is 1.